The topological polar surface area (TPSA) is 50.8 Å². The van der Waals surface area contributed by atoms with Crippen LogP contribution >= 0.6 is 0 Å². The molecular weight excluding hydrogens is 335 g/mol. The van der Waals surface area contributed by atoms with Crippen molar-refractivity contribution in [2.45, 2.75) is 19.5 Å². The quantitative estimate of drug-likeness (QED) is 0.780. The molecule has 0 spiro atoms. The third kappa shape index (κ3) is 5.46. The zero-order valence-corrected chi connectivity index (χ0v) is 15.4. The molecule has 2 aromatic rings. The Morgan fingerprint density at radius 3 is 2.65 bits per heavy atom. The number of ether oxygens (including phenoxy) is 2. The number of rotatable bonds is 8. The van der Waals surface area contributed by atoms with E-state index in [2.05, 4.69) is 5.32 Å². The maximum absolute atomic E-state index is 13.9. The van der Waals surface area contributed by atoms with E-state index in [4.69, 9.17) is 9.47 Å². The summed E-state index contributed by atoms with van der Waals surface area (Å²) >= 11 is 0. The molecule has 0 aliphatic carbocycles. The number of halogens is 1. The van der Waals surface area contributed by atoms with E-state index in [-0.39, 0.29) is 24.4 Å². The van der Waals surface area contributed by atoms with Crippen molar-refractivity contribution in [3.05, 3.63) is 65.5 Å². The molecule has 0 saturated heterocycles. The number of methoxy groups -OCH3 is 2. The summed E-state index contributed by atoms with van der Waals surface area (Å²) in [6, 6.07) is 13.5. The number of nitrogens with one attached hydrogen (secondary N) is 1. The number of benzene rings is 2. The van der Waals surface area contributed by atoms with Gasteiger partial charge in [-0.1, -0.05) is 30.3 Å². The smallest absolute Gasteiger partial charge is 0.318 e. The predicted molar refractivity (Wildman–Crippen MR) is 98.6 cm³/mol. The Hall–Kier alpha value is -2.60. The highest BCUT2D eigenvalue weighted by Crippen LogP contribution is 2.19. The lowest BCUT2D eigenvalue weighted by Crippen LogP contribution is -2.42. The number of hydrogen-bond acceptors (Lipinski definition) is 3. The van der Waals surface area contributed by atoms with Gasteiger partial charge in [0.25, 0.3) is 0 Å². The molecule has 0 bridgehead atoms. The van der Waals surface area contributed by atoms with Crippen LogP contribution in [0.25, 0.3) is 0 Å². The molecule has 0 radical (unpaired) electrons. The first-order valence-corrected chi connectivity index (χ1v) is 8.47. The standard InChI is InChI=1S/C20H25FN2O3/c1-15(16-8-6-9-18(13-16)26-3)22-20(24)23(11-12-25-2)14-17-7-4-5-10-19(17)21/h4-10,13,15H,11-12,14H2,1-3H3,(H,22,24)/t15-/m1/s1. The van der Waals surface area contributed by atoms with Crippen molar-refractivity contribution in [3.63, 3.8) is 0 Å². The molecule has 0 aliphatic rings. The lowest BCUT2D eigenvalue weighted by atomic mass is 10.1. The monoisotopic (exact) mass is 360 g/mol. The van der Waals surface area contributed by atoms with Crippen LogP contribution in [0.2, 0.25) is 0 Å². The first kappa shape index (κ1) is 19.7. The maximum atomic E-state index is 13.9. The Labute approximate surface area is 153 Å². The Kier molecular flexibility index (Phi) is 7.41. The summed E-state index contributed by atoms with van der Waals surface area (Å²) in [5, 5.41) is 2.95. The van der Waals surface area contributed by atoms with E-state index >= 15 is 0 Å². The predicted octanol–water partition coefficient (Wildman–Crippen LogP) is 3.75. The second kappa shape index (κ2) is 9.77. The van der Waals surface area contributed by atoms with Crippen molar-refractivity contribution < 1.29 is 18.7 Å². The van der Waals surface area contributed by atoms with Gasteiger partial charge in [0, 0.05) is 19.2 Å². The van der Waals surface area contributed by atoms with Crippen LogP contribution in [-0.4, -0.2) is 38.3 Å². The third-order valence-corrected chi connectivity index (χ3v) is 4.11. The van der Waals surface area contributed by atoms with Crippen LogP contribution < -0.4 is 10.1 Å². The Morgan fingerprint density at radius 2 is 1.96 bits per heavy atom. The first-order chi connectivity index (χ1) is 12.5. The highest BCUT2D eigenvalue weighted by molar-refractivity contribution is 5.74. The number of amides is 2. The lowest BCUT2D eigenvalue weighted by Gasteiger charge is -2.25. The van der Waals surface area contributed by atoms with E-state index in [0.29, 0.717) is 18.7 Å². The molecule has 2 aromatic carbocycles. The van der Waals surface area contributed by atoms with Gasteiger partial charge in [0.1, 0.15) is 11.6 Å². The number of urea groups is 1. The van der Waals surface area contributed by atoms with Gasteiger partial charge in [-0.15, -0.1) is 0 Å². The summed E-state index contributed by atoms with van der Waals surface area (Å²) in [6.45, 7) is 2.80. The van der Waals surface area contributed by atoms with Crippen LogP contribution in [0.5, 0.6) is 5.75 Å². The number of nitrogens with zero attached hydrogens (tertiary/aromatic N) is 1. The molecule has 5 nitrogen and oxygen atoms in total. The summed E-state index contributed by atoms with van der Waals surface area (Å²) in [5.74, 6) is 0.398. The van der Waals surface area contributed by atoms with Gasteiger partial charge in [-0.05, 0) is 30.7 Å². The minimum Gasteiger partial charge on any atom is -0.497 e. The molecule has 0 saturated carbocycles. The molecule has 26 heavy (non-hydrogen) atoms. The van der Waals surface area contributed by atoms with Crippen LogP contribution in [-0.2, 0) is 11.3 Å². The second-order valence-corrected chi connectivity index (χ2v) is 5.95. The fourth-order valence-corrected chi connectivity index (χ4v) is 2.56. The second-order valence-electron chi connectivity index (χ2n) is 5.95. The van der Waals surface area contributed by atoms with Gasteiger partial charge >= 0.3 is 6.03 Å². The Balaban J connectivity index is 2.08. The van der Waals surface area contributed by atoms with Gasteiger partial charge in [-0.3, -0.25) is 0 Å². The van der Waals surface area contributed by atoms with Crippen molar-refractivity contribution >= 4 is 6.03 Å². The van der Waals surface area contributed by atoms with E-state index in [1.54, 1.807) is 37.3 Å². The van der Waals surface area contributed by atoms with Gasteiger partial charge < -0.3 is 19.7 Å². The molecule has 140 valence electrons. The minimum atomic E-state index is -0.330. The fraction of sp³-hybridized carbons (Fsp3) is 0.350. The van der Waals surface area contributed by atoms with Crippen LogP contribution in [0.4, 0.5) is 9.18 Å². The number of hydrogen-bond donors (Lipinski definition) is 1. The van der Waals surface area contributed by atoms with E-state index < -0.39 is 0 Å². The highest BCUT2D eigenvalue weighted by Gasteiger charge is 2.18. The molecular formula is C20H25FN2O3. The van der Waals surface area contributed by atoms with Crippen molar-refractivity contribution in [2.24, 2.45) is 0 Å². The van der Waals surface area contributed by atoms with Crippen LogP contribution in [0, 0.1) is 5.82 Å². The highest BCUT2D eigenvalue weighted by atomic mass is 19.1. The molecule has 0 heterocycles. The van der Waals surface area contributed by atoms with Crippen molar-refractivity contribution in [1.82, 2.24) is 10.2 Å². The van der Waals surface area contributed by atoms with Crippen LogP contribution in [0.3, 0.4) is 0 Å². The fourth-order valence-electron chi connectivity index (χ4n) is 2.56. The van der Waals surface area contributed by atoms with Gasteiger partial charge in [0.15, 0.2) is 0 Å². The maximum Gasteiger partial charge on any atom is 0.318 e. The average molecular weight is 360 g/mol. The molecule has 6 heteroatoms. The number of carbonyl (C=O) groups excluding carboxylic acids is 1. The van der Waals surface area contributed by atoms with Crippen LogP contribution in [0.1, 0.15) is 24.1 Å². The zero-order valence-electron chi connectivity index (χ0n) is 15.4. The summed E-state index contributed by atoms with van der Waals surface area (Å²) in [5.41, 5.74) is 1.39. The van der Waals surface area contributed by atoms with Crippen molar-refractivity contribution in [3.8, 4) is 5.75 Å². The molecule has 0 aromatic heterocycles. The molecule has 1 atom stereocenters. The average Bonchev–Trinajstić information content (AvgIpc) is 2.66. The van der Waals surface area contributed by atoms with Crippen LogP contribution in [0.15, 0.2) is 48.5 Å². The zero-order chi connectivity index (χ0) is 18.9. The van der Waals surface area contributed by atoms with E-state index in [1.165, 1.54) is 6.07 Å². The molecule has 1 N–H and O–H groups in total. The molecule has 0 unspecified atom stereocenters. The molecule has 0 fully saturated rings. The van der Waals surface area contributed by atoms with E-state index in [0.717, 1.165) is 11.3 Å². The third-order valence-electron chi connectivity index (χ3n) is 4.11. The van der Waals surface area contributed by atoms with Crippen molar-refractivity contribution in [2.75, 3.05) is 27.4 Å². The largest absolute Gasteiger partial charge is 0.497 e. The summed E-state index contributed by atoms with van der Waals surface area (Å²) in [7, 11) is 3.17. The lowest BCUT2D eigenvalue weighted by molar-refractivity contribution is 0.144. The summed E-state index contributed by atoms with van der Waals surface area (Å²) < 4.78 is 24.2. The Morgan fingerprint density at radius 1 is 1.19 bits per heavy atom. The Bertz CT molecular complexity index is 724. The van der Waals surface area contributed by atoms with Gasteiger partial charge in [-0.25, -0.2) is 9.18 Å². The normalized spacial score (nSPS) is 11.7. The van der Waals surface area contributed by atoms with Crippen molar-refractivity contribution in [1.29, 1.82) is 0 Å². The summed E-state index contributed by atoms with van der Waals surface area (Å²) in [6.07, 6.45) is 0. The van der Waals surface area contributed by atoms with E-state index in [1.807, 2.05) is 31.2 Å². The van der Waals surface area contributed by atoms with E-state index in [9.17, 15) is 9.18 Å². The molecule has 2 rings (SSSR count). The number of carbonyl (C=O) groups is 1. The van der Waals surface area contributed by atoms with Gasteiger partial charge in [0.05, 0.1) is 26.3 Å². The van der Waals surface area contributed by atoms with Gasteiger partial charge in [0.2, 0.25) is 0 Å². The minimum absolute atomic E-state index is 0.173. The summed E-state index contributed by atoms with van der Waals surface area (Å²) in [4.78, 5) is 14.2. The first-order valence-electron chi connectivity index (χ1n) is 8.47. The molecule has 0 aliphatic heterocycles. The van der Waals surface area contributed by atoms with Gasteiger partial charge in [-0.2, -0.15) is 0 Å². The molecule has 2 amide bonds. The SMILES string of the molecule is COCCN(Cc1ccccc1F)C(=O)N[C@H](C)c1cccc(OC)c1.